The number of benzene rings is 1. The Morgan fingerprint density at radius 3 is 2.69 bits per heavy atom. The van der Waals surface area contributed by atoms with Gasteiger partial charge < -0.3 is 9.72 Å². The van der Waals surface area contributed by atoms with E-state index in [1.165, 1.54) is 0 Å². The molecule has 5 heteroatoms. The number of Topliss-reactive ketones (excluding diaryl/α,β-unsaturated/α-hetero) is 1. The van der Waals surface area contributed by atoms with Crippen LogP contribution in [0.5, 0.6) is 5.75 Å². The van der Waals surface area contributed by atoms with Gasteiger partial charge in [0.2, 0.25) is 0 Å². The number of methoxy groups -OCH3 is 1. The van der Waals surface area contributed by atoms with Crippen LogP contribution in [0.3, 0.4) is 0 Å². The fourth-order valence-electron chi connectivity index (χ4n) is 1.46. The summed E-state index contributed by atoms with van der Waals surface area (Å²) in [5, 5.41) is -0.180. The van der Waals surface area contributed by atoms with Crippen LogP contribution in [0, 0.1) is 0 Å². The van der Waals surface area contributed by atoms with Crippen molar-refractivity contribution in [2.75, 3.05) is 7.11 Å². The fourth-order valence-corrected chi connectivity index (χ4v) is 1.56. The normalized spacial score (nSPS) is 10.4. The Bertz CT molecular complexity index is 574. The highest BCUT2D eigenvalue weighted by atomic mass is 35.5. The van der Waals surface area contributed by atoms with Crippen LogP contribution >= 0.6 is 11.6 Å². The molecule has 0 aliphatic heterocycles. The van der Waals surface area contributed by atoms with Crippen molar-refractivity contribution < 1.29 is 14.3 Å². The number of carbonyl (C=O) groups is 2. The third-order valence-electron chi connectivity index (χ3n) is 2.25. The van der Waals surface area contributed by atoms with Gasteiger partial charge in [0.25, 0.3) is 11.0 Å². The molecule has 1 heterocycles. The zero-order valence-electron chi connectivity index (χ0n) is 8.41. The van der Waals surface area contributed by atoms with Gasteiger partial charge in [-0.3, -0.25) is 9.59 Å². The van der Waals surface area contributed by atoms with E-state index >= 15 is 0 Å². The molecule has 2 rings (SSSR count). The second kappa shape index (κ2) is 3.98. The lowest BCUT2D eigenvalue weighted by Crippen LogP contribution is -2.07. The lowest BCUT2D eigenvalue weighted by Gasteiger charge is -1.97. The van der Waals surface area contributed by atoms with Crippen LogP contribution in [-0.2, 0) is 4.79 Å². The third kappa shape index (κ3) is 1.79. The van der Waals surface area contributed by atoms with E-state index in [1.807, 2.05) is 0 Å². The molecular weight excluding hydrogens is 230 g/mol. The van der Waals surface area contributed by atoms with Crippen molar-refractivity contribution in [3.8, 4) is 5.75 Å². The number of H-pyrrole nitrogens is 1. The molecule has 1 aromatic carbocycles. The highest BCUT2D eigenvalue weighted by molar-refractivity contribution is 6.83. The van der Waals surface area contributed by atoms with Crippen molar-refractivity contribution in [1.29, 1.82) is 0 Å². The zero-order valence-corrected chi connectivity index (χ0v) is 9.17. The number of fused-ring (bicyclic) bond motifs is 1. The Kier molecular flexibility index (Phi) is 2.66. The topological polar surface area (TPSA) is 59.2 Å². The first-order chi connectivity index (χ1) is 7.61. The van der Waals surface area contributed by atoms with Gasteiger partial charge in [-0.25, -0.2) is 0 Å². The van der Waals surface area contributed by atoms with Gasteiger partial charge in [0.05, 0.1) is 12.8 Å². The van der Waals surface area contributed by atoms with E-state index in [1.54, 1.807) is 31.4 Å². The van der Waals surface area contributed by atoms with Crippen molar-refractivity contribution >= 4 is 33.5 Å². The van der Waals surface area contributed by atoms with E-state index in [0.717, 1.165) is 10.9 Å². The van der Waals surface area contributed by atoms with E-state index in [4.69, 9.17) is 16.3 Å². The van der Waals surface area contributed by atoms with Gasteiger partial charge in [0, 0.05) is 17.0 Å². The monoisotopic (exact) mass is 237 g/mol. The van der Waals surface area contributed by atoms with Gasteiger partial charge in [-0.2, -0.15) is 0 Å². The summed E-state index contributed by atoms with van der Waals surface area (Å²) in [6, 6.07) is 6.88. The first-order valence-corrected chi connectivity index (χ1v) is 4.90. The molecule has 1 aromatic heterocycles. The first kappa shape index (κ1) is 10.7. The van der Waals surface area contributed by atoms with Crippen LogP contribution in [0.1, 0.15) is 10.5 Å². The van der Waals surface area contributed by atoms with Gasteiger partial charge in [-0.1, -0.05) is 0 Å². The average Bonchev–Trinajstić information content (AvgIpc) is 2.69. The Morgan fingerprint density at radius 1 is 1.31 bits per heavy atom. The van der Waals surface area contributed by atoms with Crippen molar-refractivity contribution in [3.05, 3.63) is 30.0 Å². The molecule has 0 aliphatic carbocycles. The summed E-state index contributed by atoms with van der Waals surface area (Å²) in [6.45, 7) is 0. The number of aromatic amines is 1. The molecule has 0 saturated heterocycles. The lowest BCUT2D eigenvalue weighted by atomic mass is 10.2. The van der Waals surface area contributed by atoms with Crippen LogP contribution < -0.4 is 4.74 Å². The van der Waals surface area contributed by atoms with Crippen molar-refractivity contribution in [3.63, 3.8) is 0 Å². The SMILES string of the molecule is COc1ccc2cc(C(=O)C(=O)Cl)[nH]c2c1. The van der Waals surface area contributed by atoms with E-state index < -0.39 is 11.0 Å². The van der Waals surface area contributed by atoms with Gasteiger partial charge in [-0.05, 0) is 29.8 Å². The van der Waals surface area contributed by atoms with E-state index in [9.17, 15) is 9.59 Å². The number of carbonyl (C=O) groups excluding carboxylic acids is 2. The summed E-state index contributed by atoms with van der Waals surface area (Å²) in [5.41, 5.74) is 0.906. The first-order valence-electron chi connectivity index (χ1n) is 4.52. The van der Waals surface area contributed by atoms with Gasteiger partial charge in [0.1, 0.15) is 5.75 Å². The maximum absolute atomic E-state index is 11.3. The maximum atomic E-state index is 11.3. The van der Waals surface area contributed by atoms with Crippen molar-refractivity contribution in [2.24, 2.45) is 0 Å². The zero-order chi connectivity index (χ0) is 11.7. The molecular formula is C11H8ClNO3. The number of halogens is 1. The molecule has 0 amide bonds. The van der Waals surface area contributed by atoms with Crippen LogP contribution in [0.2, 0.25) is 0 Å². The van der Waals surface area contributed by atoms with Crippen molar-refractivity contribution in [1.82, 2.24) is 4.98 Å². The quantitative estimate of drug-likeness (QED) is 0.505. The third-order valence-corrected chi connectivity index (χ3v) is 2.42. The Balaban J connectivity index is 2.51. The molecule has 4 nitrogen and oxygen atoms in total. The molecule has 0 aliphatic rings. The molecule has 1 N–H and O–H groups in total. The molecule has 0 spiro atoms. The van der Waals surface area contributed by atoms with E-state index in [0.29, 0.717) is 5.75 Å². The maximum Gasteiger partial charge on any atom is 0.294 e. The minimum absolute atomic E-state index is 0.184. The summed E-state index contributed by atoms with van der Waals surface area (Å²) in [6.07, 6.45) is 0. The summed E-state index contributed by atoms with van der Waals surface area (Å²) < 4.78 is 5.04. The number of ether oxygens (including phenoxy) is 1. The molecule has 16 heavy (non-hydrogen) atoms. The van der Waals surface area contributed by atoms with Gasteiger partial charge in [-0.15, -0.1) is 0 Å². The van der Waals surface area contributed by atoms with Crippen molar-refractivity contribution in [2.45, 2.75) is 0 Å². The molecule has 0 unspecified atom stereocenters. The smallest absolute Gasteiger partial charge is 0.294 e. The molecule has 0 radical (unpaired) electrons. The van der Waals surface area contributed by atoms with Crippen LogP contribution in [0.15, 0.2) is 24.3 Å². The number of ketones is 1. The number of hydrogen-bond donors (Lipinski definition) is 1. The summed E-state index contributed by atoms with van der Waals surface area (Å²) in [4.78, 5) is 24.9. The second-order valence-corrected chi connectivity index (χ2v) is 3.58. The van der Waals surface area contributed by atoms with Gasteiger partial charge in [0.15, 0.2) is 0 Å². The standard InChI is InChI=1S/C11H8ClNO3/c1-16-7-3-2-6-4-9(10(14)11(12)15)13-8(6)5-7/h2-5,13H,1H3. The Labute approximate surface area is 96.2 Å². The van der Waals surface area contributed by atoms with E-state index in [-0.39, 0.29) is 5.69 Å². The second-order valence-electron chi connectivity index (χ2n) is 3.24. The minimum atomic E-state index is -1.00. The summed E-state index contributed by atoms with van der Waals surface area (Å²) in [5.74, 6) is -0.0672. The Hall–Kier alpha value is -1.81. The Morgan fingerprint density at radius 2 is 2.06 bits per heavy atom. The molecule has 82 valence electrons. The predicted octanol–water partition coefficient (Wildman–Crippen LogP) is 2.12. The number of hydrogen-bond acceptors (Lipinski definition) is 3. The molecule has 2 aromatic rings. The minimum Gasteiger partial charge on any atom is -0.497 e. The van der Waals surface area contributed by atoms with Gasteiger partial charge >= 0.3 is 0 Å². The largest absolute Gasteiger partial charge is 0.497 e. The number of nitrogens with one attached hydrogen (secondary N) is 1. The molecule has 0 saturated carbocycles. The van der Waals surface area contributed by atoms with Crippen LogP contribution in [0.25, 0.3) is 10.9 Å². The molecule has 0 atom stereocenters. The number of aromatic nitrogens is 1. The summed E-state index contributed by atoms with van der Waals surface area (Å²) in [7, 11) is 1.55. The predicted molar refractivity (Wildman–Crippen MR) is 60.0 cm³/mol. The van der Waals surface area contributed by atoms with Crippen LogP contribution in [-0.4, -0.2) is 23.1 Å². The highest BCUT2D eigenvalue weighted by Gasteiger charge is 2.15. The molecule has 0 fully saturated rings. The van der Waals surface area contributed by atoms with Crippen LogP contribution in [0.4, 0.5) is 0 Å². The average molecular weight is 238 g/mol. The number of rotatable bonds is 3. The lowest BCUT2D eigenvalue weighted by molar-refractivity contribution is -0.108. The molecule has 0 bridgehead atoms. The summed E-state index contributed by atoms with van der Waals surface area (Å²) >= 11 is 5.12. The fraction of sp³-hybridized carbons (Fsp3) is 0.0909. The highest BCUT2D eigenvalue weighted by Crippen LogP contribution is 2.21. The van der Waals surface area contributed by atoms with E-state index in [2.05, 4.69) is 4.98 Å².